The Kier molecular flexibility index (Phi) is 6.23. The molecule has 3 aromatic rings. The summed E-state index contributed by atoms with van der Waals surface area (Å²) in [6, 6.07) is 17.8. The van der Waals surface area contributed by atoms with Gasteiger partial charge in [-0.05, 0) is 34.5 Å². The van der Waals surface area contributed by atoms with Crippen LogP contribution in [-0.2, 0) is 17.9 Å². The molecule has 0 radical (unpaired) electrons. The molecule has 4 rings (SSSR count). The fraction of sp³-hybridized carbons (Fsp3) is 0.190. The summed E-state index contributed by atoms with van der Waals surface area (Å²) in [6.45, 7) is 1.37. The summed E-state index contributed by atoms with van der Waals surface area (Å²) in [7, 11) is 0. The highest BCUT2D eigenvalue weighted by Gasteiger charge is 2.14. The average molecular weight is 401 g/mol. The summed E-state index contributed by atoms with van der Waals surface area (Å²) in [5.41, 5.74) is 7.31. The Balaban J connectivity index is 0.00000225. The second-order valence-corrected chi connectivity index (χ2v) is 6.31. The van der Waals surface area contributed by atoms with E-state index in [4.69, 9.17) is 19.9 Å². The second kappa shape index (κ2) is 8.82. The van der Waals surface area contributed by atoms with E-state index in [0.717, 1.165) is 33.4 Å². The molecule has 1 aliphatic heterocycles. The minimum absolute atomic E-state index is 0. The molecule has 28 heavy (non-hydrogen) atoms. The van der Waals surface area contributed by atoms with Crippen molar-refractivity contribution in [3.63, 3.8) is 0 Å². The van der Waals surface area contributed by atoms with E-state index < -0.39 is 5.91 Å². The van der Waals surface area contributed by atoms with Crippen LogP contribution in [0.5, 0.6) is 17.2 Å². The molecule has 0 saturated carbocycles. The number of ether oxygens (including phenoxy) is 3. The second-order valence-electron chi connectivity index (χ2n) is 6.31. The summed E-state index contributed by atoms with van der Waals surface area (Å²) in [5, 5.41) is 5.63. The third-order valence-corrected chi connectivity index (χ3v) is 4.44. The first-order valence-corrected chi connectivity index (χ1v) is 8.72. The molecule has 7 heteroatoms. The molecule has 0 aliphatic carbocycles. The summed E-state index contributed by atoms with van der Waals surface area (Å²) in [6.07, 6.45) is 0. The van der Waals surface area contributed by atoms with Gasteiger partial charge in [-0.25, -0.2) is 0 Å². The number of halogens is 1. The topological polar surface area (TPSA) is 82.8 Å². The van der Waals surface area contributed by atoms with Gasteiger partial charge in [0.15, 0.2) is 18.1 Å². The normalized spacial score (nSPS) is 11.9. The zero-order chi connectivity index (χ0) is 18.6. The van der Waals surface area contributed by atoms with Crippen LogP contribution in [-0.4, -0.2) is 19.3 Å². The van der Waals surface area contributed by atoms with Crippen molar-refractivity contribution in [2.24, 2.45) is 5.73 Å². The number of nitrogens with two attached hydrogens (primary N) is 1. The van der Waals surface area contributed by atoms with Crippen LogP contribution in [0.3, 0.4) is 0 Å². The molecule has 0 saturated heterocycles. The van der Waals surface area contributed by atoms with Crippen LogP contribution < -0.4 is 25.3 Å². The molecular formula is C21H21ClN2O4. The number of primary amides is 1. The molecule has 1 amide bonds. The summed E-state index contributed by atoms with van der Waals surface area (Å²) >= 11 is 0. The van der Waals surface area contributed by atoms with Gasteiger partial charge in [-0.3, -0.25) is 4.79 Å². The highest BCUT2D eigenvalue weighted by Crippen LogP contribution is 2.32. The number of carbonyl (C=O) groups is 1. The molecule has 3 N–H and O–H groups in total. The number of fused-ring (bicyclic) bond motifs is 2. The van der Waals surface area contributed by atoms with E-state index in [9.17, 15) is 4.79 Å². The molecule has 1 heterocycles. The van der Waals surface area contributed by atoms with Gasteiger partial charge in [0, 0.05) is 18.7 Å². The van der Waals surface area contributed by atoms with Gasteiger partial charge >= 0.3 is 0 Å². The van der Waals surface area contributed by atoms with Crippen molar-refractivity contribution in [1.82, 2.24) is 5.32 Å². The lowest BCUT2D eigenvalue weighted by Gasteiger charge is -2.14. The molecule has 0 atom stereocenters. The molecular weight excluding hydrogens is 380 g/mol. The smallest absolute Gasteiger partial charge is 0.255 e. The van der Waals surface area contributed by atoms with Crippen molar-refractivity contribution in [3.8, 4) is 17.2 Å². The highest BCUT2D eigenvalue weighted by atomic mass is 35.5. The quantitative estimate of drug-likeness (QED) is 0.636. The van der Waals surface area contributed by atoms with Crippen molar-refractivity contribution in [2.75, 3.05) is 13.4 Å². The first kappa shape index (κ1) is 19.8. The molecule has 1 aliphatic rings. The highest BCUT2D eigenvalue weighted by molar-refractivity contribution is 5.88. The zero-order valence-electron chi connectivity index (χ0n) is 15.1. The lowest BCUT2D eigenvalue weighted by atomic mass is 10.0. The standard InChI is InChI=1S/C21H20N2O4.ClH/c22-21(24)12-25-18-8-6-15-3-1-2-4-16(15)17(18)11-23-10-14-5-7-19-20(9-14)27-13-26-19;/h1-9,23H,10-13H2,(H2,22,24);1H. The lowest BCUT2D eigenvalue weighted by Crippen LogP contribution is -2.21. The molecule has 3 aromatic carbocycles. The average Bonchev–Trinajstić information content (AvgIpc) is 3.15. The number of nitrogens with one attached hydrogen (secondary N) is 1. The Hall–Kier alpha value is -2.96. The fourth-order valence-corrected chi connectivity index (χ4v) is 3.17. The van der Waals surface area contributed by atoms with E-state index in [0.29, 0.717) is 18.8 Å². The summed E-state index contributed by atoms with van der Waals surface area (Å²) in [4.78, 5) is 11.1. The number of amides is 1. The van der Waals surface area contributed by atoms with Crippen molar-refractivity contribution < 1.29 is 19.0 Å². The van der Waals surface area contributed by atoms with Crippen LogP contribution >= 0.6 is 12.4 Å². The van der Waals surface area contributed by atoms with Crippen molar-refractivity contribution >= 4 is 29.1 Å². The van der Waals surface area contributed by atoms with Gasteiger partial charge in [0.2, 0.25) is 6.79 Å². The van der Waals surface area contributed by atoms with Gasteiger partial charge in [-0.15, -0.1) is 12.4 Å². The summed E-state index contributed by atoms with van der Waals surface area (Å²) < 4.78 is 16.4. The van der Waals surface area contributed by atoms with Crippen LogP contribution in [0.4, 0.5) is 0 Å². The fourth-order valence-electron chi connectivity index (χ4n) is 3.17. The molecule has 0 unspecified atom stereocenters. The van der Waals surface area contributed by atoms with E-state index in [1.54, 1.807) is 0 Å². The van der Waals surface area contributed by atoms with E-state index in [-0.39, 0.29) is 25.8 Å². The number of hydrogen-bond donors (Lipinski definition) is 2. The minimum atomic E-state index is -0.498. The third-order valence-electron chi connectivity index (χ3n) is 4.44. The van der Waals surface area contributed by atoms with Gasteiger partial charge in [-0.2, -0.15) is 0 Å². The van der Waals surface area contributed by atoms with Crippen molar-refractivity contribution in [1.29, 1.82) is 0 Å². The van der Waals surface area contributed by atoms with Crippen LogP contribution in [0.2, 0.25) is 0 Å². The molecule has 6 nitrogen and oxygen atoms in total. The van der Waals surface area contributed by atoms with Gasteiger partial charge in [0.25, 0.3) is 5.91 Å². The SMILES string of the molecule is Cl.NC(=O)COc1ccc2ccccc2c1CNCc1ccc2c(c1)OCO2. The number of benzene rings is 3. The van der Waals surface area contributed by atoms with Gasteiger partial charge < -0.3 is 25.3 Å². The first-order chi connectivity index (χ1) is 13.2. The van der Waals surface area contributed by atoms with Crippen LogP contribution in [0.1, 0.15) is 11.1 Å². The molecule has 146 valence electrons. The predicted octanol–water partition coefficient (Wildman–Crippen LogP) is 3.14. The van der Waals surface area contributed by atoms with Crippen molar-refractivity contribution in [2.45, 2.75) is 13.1 Å². The van der Waals surface area contributed by atoms with E-state index >= 15 is 0 Å². The Morgan fingerprint density at radius 3 is 2.71 bits per heavy atom. The maximum atomic E-state index is 11.1. The molecule has 0 fully saturated rings. The minimum Gasteiger partial charge on any atom is -0.483 e. The van der Waals surface area contributed by atoms with Crippen LogP contribution in [0.15, 0.2) is 54.6 Å². The number of rotatable bonds is 7. The van der Waals surface area contributed by atoms with Crippen molar-refractivity contribution in [3.05, 3.63) is 65.7 Å². The number of hydrogen-bond acceptors (Lipinski definition) is 5. The van der Waals surface area contributed by atoms with E-state index in [2.05, 4.69) is 11.4 Å². The summed E-state index contributed by atoms with van der Waals surface area (Å²) in [5.74, 6) is 1.70. The van der Waals surface area contributed by atoms with E-state index in [1.165, 1.54) is 0 Å². The van der Waals surface area contributed by atoms with Crippen LogP contribution in [0, 0.1) is 0 Å². The van der Waals surface area contributed by atoms with Gasteiger partial charge in [0.1, 0.15) is 5.75 Å². The molecule has 0 bridgehead atoms. The predicted molar refractivity (Wildman–Crippen MR) is 109 cm³/mol. The van der Waals surface area contributed by atoms with Gasteiger partial charge in [-0.1, -0.05) is 36.4 Å². The van der Waals surface area contributed by atoms with Gasteiger partial charge in [0.05, 0.1) is 0 Å². The Morgan fingerprint density at radius 2 is 1.86 bits per heavy atom. The monoisotopic (exact) mass is 400 g/mol. The van der Waals surface area contributed by atoms with Crippen LogP contribution in [0.25, 0.3) is 10.8 Å². The maximum absolute atomic E-state index is 11.1. The lowest BCUT2D eigenvalue weighted by molar-refractivity contribution is -0.119. The number of carbonyl (C=O) groups excluding carboxylic acids is 1. The third kappa shape index (κ3) is 4.30. The Labute approximate surface area is 169 Å². The van der Waals surface area contributed by atoms with E-state index in [1.807, 2.05) is 48.5 Å². The first-order valence-electron chi connectivity index (χ1n) is 8.72. The largest absolute Gasteiger partial charge is 0.483 e. The molecule has 0 aromatic heterocycles. The Bertz CT molecular complexity index is 993. The zero-order valence-corrected chi connectivity index (χ0v) is 16.0. The Morgan fingerprint density at radius 1 is 1.04 bits per heavy atom. The maximum Gasteiger partial charge on any atom is 0.255 e. The molecule has 0 spiro atoms.